The van der Waals surface area contributed by atoms with Gasteiger partial charge in [-0.1, -0.05) is 28.8 Å². The lowest BCUT2D eigenvalue weighted by Gasteiger charge is -2.16. The summed E-state index contributed by atoms with van der Waals surface area (Å²) in [5, 5.41) is 9.61. The molecule has 1 aliphatic carbocycles. The molecule has 7 heteroatoms. The predicted molar refractivity (Wildman–Crippen MR) is 113 cm³/mol. The third-order valence-electron chi connectivity index (χ3n) is 3.81. The van der Waals surface area contributed by atoms with Gasteiger partial charge in [0.2, 0.25) is 0 Å². The topological polar surface area (TPSA) is 65.5 Å². The van der Waals surface area contributed by atoms with Crippen molar-refractivity contribution in [1.29, 1.82) is 0 Å². The molecule has 0 atom stereocenters. The van der Waals surface area contributed by atoms with Crippen molar-refractivity contribution < 1.29 is 4.79 Å². The zero-order chi connectivity index (χ0) is 16.5. The van der Waals surface area contributed by atoms with Gasteiger partial charge in [0, 0.05) is 29.2 Å². The van der Waals surface area contributed by atoms with Gasteiger partial charge >= 0.3 is 0 Å². The Bertz CT molecular complexity index is 530. The average molecular weight is 509 g/mol. The Morgan fingerprint density at radius 2 is 1.88 bits per heavy atom. The molecule has 0 spiro atoms. The number of hydrogen-bond donors (Lipinski definition) is 3. The van der Waals surface area contributed by atoms with Gasteiger partial charge in [0.1, 0.15) is 0 Å². The fraction of sp³-hybridized carbons (Fsp3) is 0.529. The van der Waals surface area contributed by atoms with Gasteiger partial charge in [-0.2, -0.15) is 0 Å². The molecule has 1 saturated carbocycles. The largest absolute Gasteiger partial charge is 0.357 e. The van der Waals surface area contributed by atoms with Crippen molar-refractivity contribution in [1.82, 2.24) is 16.0 Å². The van der Waals surface area contributed by atoms with Crippen molar-refractivity contribution in [3.8, 4) is 0 Å². The molecule has 2 rings (SSSR count). The van der Waals surface area contributed by atoms with E-state index < -0.39 is 0 Å². The van der Waals surface area contributed by atoms with Crippen molar-refractivity contribution in [2.24, 2.45) is 4.99 Å². The van der Waals surface area contributed by atoms with E-state index in [0.717, 1.165) is 17.0 Å². The number of benzene rings is 1. The molecule has 3 N–H and O–H groups in total. The maximum absolute atomic E-state index is 12.0. The molecular weight excluding hydrogens is 483 g/mol. The molecule has 0 heterocycles. The van der Waals surface area contributed by atoms with Crippen LogP contribution < -0.4 is 16.0 Å². The lowest BCUT2D eigenvalue weighted by Crippen LogP contribution is -2.42. The monoisotopic (exact) mass is 508 g/mol. The first-order valence-corrected chi connectivity index (χ1v) is 9.07. The second kappa shape index (κ2) is 11.7. The van der Waals surface area contributed by atoms with Crippen LogP contribution in [0.25, 0.3) is 0 Å². The van der Waals surface area contributed by atoms with Gasteiger partial charge in [0.05, 0.1) is 6.54 Å². The van der Waals surface area contributed by atoms with Gasteiger partial charge in [-0.25, -0.2) is 0 Å². The Morgan fingerprint density at radius 1 is 1.21 bits per heavy atom. The van der Waals surface area contributed by atoms with Gasteiger partial charge in [-0.3, -0.25) is 9.79 Å². The number of aliphatic imine (C=N–C) groups is 1. The fourth-order valence-electron chi connectivity index (χ4n) is 2.62. The Labute approximate surface area is 169 Å². The summed E-state index contributed by atoms with van der Waals surface area (Å²) in [6.45, 7) is 3.98. The van der Waals surface area contributed by atoms with Crippen LogP contribution in [0.2, 0.25) is 0 Å². The smallest absolute Gasteiger partial charge is 0.251 e. The van der Waals surface area contributed by atoms with E-state index in [4.69, 9.17) is 0 Å². The molecule has 1 aromatic carbocycles. The van der Waals surface area contributed by atoms with Crippen LogP contribution >= 0.6 is 39.9 Å². The lowest BCUT2D eigenvalue weighted by molar-refractivity contribution is 0.0955. The molecule has 0 aliphatic heterocycles. The predicted octanol–water partition coefficient (Wildman–Crippen LogP) is 3.29. The highest BCUT2D eigenvalue weighted by molar-refractivity contribution is 14.0. The first-order valence-electron chi connectivity index (χ1n) is 8.27. The van der Waals surface area contributed by atoms with Crippen molar-refractivity contribution in [3.63, 3.8) is 0 Å². The maximum atomic E-state index is 12.0. The highest BCUT2D eigenvalue weighted by Gasteiger charge is 2.15. The Kier molecular flexibility index (Phi) is 10.3. The molecule has 0 aromatic heterocycles. The summed E-state index contributed by atoms with van der Waals surface area (Å²) in [6.07, 6.45) is 5.01. The van der Waals surface area contributed by atoms with Gasteiger partial charge in [-0.15, -0.1) is 24.0 Å². The second-order valence-corrected chi connectivity index (χ2v) is 6.56. The van der Waals surface area contributed by atoms with Crippen LogP contribution in [0.1, 0.15) is 43.0 Å². The molecular formula is C17H26BrIN4O. The minimum absolute atomic E-state index is 0. The maximum Gasteiger partial charge on any atom is 0.251 e. The molecule has 1 fully saturated rings. The molecule has 24 heavy (non-hydrogen) atoms. The van der Waals surface area contributed by atoms with E-state index in [-0.39, 0.29) is 29.9 Å². The van der Waals surface area contributed by atoms with Crippen LogP contribution in [0.5, 0.6) is 0 Å². The summed E-state index contributed by atoms with van der Waals surface area (Å²) in [5.74, 6) is 0.777. The number of guanidine groups is 1. The number of carbonyl (C=O) groups excluding carboxylic acids is 1. The number of carbonyl (C=O) groups is 1. The molecule has 0 radical (unpaired) electrons. The Balaban J connectivity index is 0.00000288. The minimum Gasteiger partial charge on any atom is -0.357 e. The first-order chi connectivity index (χ1) is 11.2. The zero-order valence-corrected chi connectivity index (χ0v) is 17.9. The summed E-state index contributed by atoms with van der Waals surface area (Å²) in [7, 11) is 0. The number of rotatable bonds is 6. The lowest BCUT2D eigenvalue weighted by atomic mass is 10.2. The van der Waals surface area contributed by atoms with Crippen molar-refractivity contribution in [2.75, 3.05) is 19.6 Å². The highest BCUT2D eigenvalue weighted by atomic mass is 127. The number of halogens is 2. The summed E-state index contributed by atoms with van der Waals surface area (Å²) < 4.78 is 0.965. The van der Waals surface area contributed by atoms with Gasteiger partial charge in [-0.05, 0) is 44.0 Å². The van der Waals surface area contributed by atoms with Gasteiger partial charge < -0.3 is 16.0 Å². The molecule has 5 nitrogen and oxygen atoms in total. The molecule has 1 aromatic rings. The number of nitrogens with zero attached hydrogens (tertiary/aromatic N) is 1. The van der Waals surface area contributed by atoms with Gasteiger partial charge in [0.25, 0.3) is 5.91 Å². The highest BCUT2D eigenvalue weighted by Crippen LogP contribution is 2.17. The summed E-state index contributed by atoms with van der Waals surface area (Å²) in [4.78, 5) is 16.5. The van der Waals surface area contributed by atoms with Gasteiger partial charge in [0.15, 0.2) is 5.96 Å². The molecule has 134 valence electrons. The molecule has 1 amide bonds. The first kappa shape index (κ1) is 21.2. The third kappa shape index (κ3) is 7.38. The third-order valence-corrected chi connectivity index (χ3v) is 4.34. The van der Waals surface area contributed by atoms with E-state index in [1.807, 2.05) is 12.1 Å². The van der Waals surface area contributed by atoms with Crippen molar-refractivity contribution >= 4 is 51.8 Å². The Hall–Kier alpha value is -0.830. The molecule has 0 bridgehead atoms. The average Bonchev–Trinajstić information content (AvgIpc) is 3.05. The number of amides is 1. The zero-order valence-electron chi connectivity index (χ0n) is 14.0. The fourth-order valence-corrected chi connectivity index (χ4v) is 2.89. The second-order valence-electron chi connectivity index (χ2n) is 5.65. The summed E-state index contributed by atoms with van der Waals surface area (Å²) >= 11 is 3.36. The minimum atomic E-state index is -0.0681. The Morgan fingerprint density at radius 3 is 2.50 bits per heavy atom. The van der Waals surface area contributed by atoms with Crippen LogP contribution in [0.15, 0.2) is 33.7 Å². The molecule has 0 saturated heterocycles. The van der Waals surface area contributed by atoms with E-state index in [1.54, 1.807) is 12.1 Å². The van der Waals surface area contributed by atoms with Crippen molar-refractivity contribution in [3.05, 3.63) is 34.3 Å². The quantitative estimate of drug-likeness (QED) is 0.239. The van der Waals surface area contributed by atoms with E-state index in [2.05, 4.69) is 43.8 Å². The van der Waals surface area contributed by atoms with E-state index in [0.29, 0.717) is 24.7 Å². The van der Waals surface area contributed by atoms with Crippen LogP contribution in [0, 0.1) is 0 Å². The summed E-state index contributed by atoms with van der Waals surface area (Å²) in [5.41, 5.74) is 0.660. The van der Waals surface area contributed by atoms with Crippen LogP contribution in [0.4, 0.5) is 0 Å². The van der Waals surface area contributed by atoms with E-state index in [1.165, 1.54) is 25.7 Å². The van der Waals surface area contributed by atoms with Crippen LogP contribution in [-0.2, 0) is 0 Å². The van der Waals surface area contributed by atoms with E-state index in [9.17, 15) is 4.79 Å². The SMILES string of the molecule is CCNC(=NCCNC(=O)c1ccc(Br)cc1)NC1CCCC1.I. The van der Waals surface area contributed by atoms with Crippen LogP contribution in [0.3, 0.4) is 0 Å². The number of hydrogen-bond acceptors (Lipinski definition) is 2. The normalized spacial score (nSPS) is 14.8. The van der Waals surface area contributed by atoms with E-state index >= 15 is 0 Å². The summed E-state index contributed by atoms with van der Waals surface area (Å²) in [6, 6.07) is 7.86. The number of nitrogens with one attached hydrogen (secondary N) is 3. The standard InChI is InChI=1S/C17H25BrN4O.HI/c1-2-19-17(22-15-5-3-4-6-15)21-12-11-20-16(23)13-7-9-14(18)10-8-13;/h7-10,15H,2-6,11-12H2,1H3,(H,20,23)(H2,19,21,22);1H. The molecule has 0 unspecified atom stereocenters. The van der Waals surface area contributed by atoms with Crippen LogP contribution in [-0.4, -0.2) is 37.5 Å². The van der Waals surface area contributed by atoms with Crippen molar-refractivity contribution in [2.45, 2.75) is 38.6 Å². The molecule has 1 aliphatic rings.